The van der Waals surface area contributed by atoms with Crippen molar-refractivity contribution in [3.05, 3.63) is 94.0 Å². The van der Waals surface area contributed by atoms with E-state index in [1.54, 1.807) is 0 Å². The molecule has 0 amide bonds. The van der Waals surface area contributed by atoms with E-state index in [9.17, 15) is 12.6 Å². The molecule has 6 rings (SSSR count). The Morgan fingerprint density at radius 2 is 1.67 bits per heavy atom. The third-order valence-corrected chi connectivity index (χ3v) is 12.2. The van der Waals surface area contributed by atoms with Crippen molar-refractivity contribution in [2.45, 2.75) is 52.4 Å². The summed E-state index contributed by atoms with van der Waals surface area (Å²) in [6.45, 7) is 0. The first-order chi connectivity index (χ1) is 16.0. The first-order valence-electron chi connectivity index (χ1n) is 11.5. The summed E-state index contributed by atoms with van der Waals surface area (Å²) in [4.78, 5) is 1.42. The number of rotatable bonds is 2. The largest absolute Gasteiger partial charge is 0.254 e. The summed E-state index contributed by atoms with van der Waals surface area (Å²) in [5, 5.41) is -0.470. The molecule has 3 nitrogen and oxygen atoms in total. The molecular weight excluding hydrogens is 468 g/mol. The highest BCUT2D eigenvalue weighted by molar-refractivity contribution is 7.98. The van der Waals surface area contributed by atoms with Crippen LogP contribution in [0, 0.1) is 0 Å². The molecule has 3 aliphatic rings. The number of fused-ring (bicyclic) bond motifs is 3. The van der Waals surface area contributed by atoms with Crippen LogP contribution in [0.2, 0.25) is 0 Å². The van der Waals surface area contributed by atoms with Crippen LogP contribution in [-0.2, 0) is 45.7 Å². The number of hydrogen-bond acceptors (Lipinski definition) is 4. The summed E-state index contributed by atoms with van der Waals surface area (Å²) in [7, 11) is -4.45. The van der Waals surface area contributed by atoms with E-state index in [1.165, 1.54) is 11.1 Å². The molecule has 3 aromatic carbocycles. The molecule has 0 aliphatic carbocycles. The number of thioether (sulfide) groups is 1. The van der Waals surface area contributed by atoms with Gasteiger partial charge in [0.2, 0.25) is 0 Å². The summed E-state index contributed by atoms with van der Waals surface area (Å²) in [6.07, 6.45) is 3.29. The average Bonchev–Trinajstić information content (AvgIpc) is 2.83. The molecule has 3 aliphatic heterocycles. The third-order valence-electron chi connectivity index (χ3n) is 7.33. The Morgan fingerprint density at radius 1 is 0.848 bits per heavy atom. The quantitative estimate of drug-likeness (QED) is 0.480. The lowest BCUT2D eigenvalue weighted by atomic mass is 9.90. The Bertz CT molecular complexity index is 1380. The van der Waals surface area contributed by atoms with Crippen molar-refractivity contribution in [2.75, 3.05) is 11.5 Å². The van der Waals surface area contributed by atoms with Gasteiger partial charge >= 0.3 is 0 Å². The smallest absolute Gasteiger partial charge is 0.185 e. The van der Waals surface area contributed by atoms with Crippen LogP contribution in [0.5, 0.6) is 0 Å². The number of benzene rings is 3. The average molecular weight is 495 g/mol. The molecule has 0 bridgehead atoms. The van der Waals surface area contributed by atoms with Gasteiger partial charge in [0.15, 0.2) is 9.84 Å². The zero-order valence-electron chi connectivity index (χ0n) is 18.3. The van der Waals surface area contributed by atoms with Crippen LogP contribution in [0.4, 0.5) is 0 Å². The Kier molecular flexibility index (Phi) is 5.51. The topological polar surface area (TPSA) is 51.2 Å². The predicted octanol–water partition coefficient (Wildman–Crippen LogP) is 5.38. The lowest BCUT2D eigenvalue weighted by Crippen LogP contribution is -2.23. The molecule has 3 atom stereocenters. The lowest BCUT2D eigenvalue weighted by molar-refractivity contribution is 0.563. The van der Waals surface area contributed by atoms with Gasteiger partial charge in [0.25, 0.3) is 0 Å². The Hall–Kier alpha value is -1.89. The highest BCUT2D eigenvalue weighted by atomic mass is 32.2. The van der Waals surface area contributed by atoms with Gasteiger partial charge in [0, 0.05) is 16.4 Å². The van der Waals surface area contributed by atoms with Crippen molar-refractivity contribution >= 4 is 32.4 Å². The molecular formula is C27H26O3S3. The molecule has 0 N–H and O–H groups in total. The van der Waals surface area contributed by atoms with E-state index in [0.29, 0.717) is 17.1 Å². The van der Waals surface area contributed by atoms with Crippen molar-refractivity contribution in [2.24, 2.45) is 0 Å². The van der Waals surface area contributed by atoms with Gasteiger partial charge in [-0.25, -0.2) is 8.42 Å². The molecule has 3 heterocycles. The summed E-state index contributed by atoms with van der Waals surface area (Å²) < 4.78 is 40.0. The van der Waals surface area contributed by atoms with E-state index in [1.807, 2.05) is 48.2 Å². The highest BCUT2D eigenvalue weighted by Crippen LogP contribution is 2.42. The van der Waals surface area contributed by atoms with Gasteiger partial charge in [-0.15, -0.1) is 0 Å². The molecule has 0 radical (unpaired) electrons. The van der Waals surface area contributed by atoms with E-state index in [-0.39, 0.29) is 5.92 Å². The van der Waals surface area contributed by atoms with Crippen LogP contribution in [0.3, 0.4) is 0 Å². The van der Waals surface area contributed by atoms with Gasteiger partial charge in [-0.2, -0.15) is 11.8 Å². The van der Waals surface area contributed by atoms with Crippen molar-refractivity contribution < 1.29 is 12.6 Å². The van der Waals surface area contributed by atoms with Crippen LogP contribution in [0.1, 0.15) is 51.0 Å². The Morgan fingerprint density at radius 3 is 2.58 bits per heavy atom. The number of hydrogen-bond donors (Lipinski definition) is 0. The monoisotopic (exact) mass is 494 g/mol. The molecule has 0 aromatic heterocycles. The third kappa shape index (κ3) is 3.80. The van der Waals surface area contributed by atoms with Gasteiger partial charge < -0.3 is 0 Å². The molecule has 3 aromatic rings. The lowest BCUT2D eigenvalue weighted by Gasteiger charge is -2.29. The minimum atomic E-state index is -3.44. The number of aryl methyl sites for hydroxylation is 2. The van der Waals surface area contributed by atoms with Gasteiger partial charge in [0.1, 0.15) is 0 Å². The molecule has 0 fully saturated rings. The van der Waals surface area contributed by atoms with Gasteiger partial charge in [-0.1, -0.05) is 48.5 Å². The predicted molar refractivity (Wildman–Crippen MR) is 135 cm³/mol. The second kappa shape index (κ2) is 8.40. The maximum Gasteiger partial charge on any atom is 0.185 e. The fourth-order valence-corrected chi connectivity index (χ4v) is 10.1. The second-order valence-corrected chi connectivity index (χ2v) is 14.0. The van der Waals surface area contributed by atoms with E-state index in [0.717, 1.165) is 57.9 Å². The van der Waals surface area contributed by atoms with Crippen molar-refractivity contribution in [3.63, 3.8) is 0 Å². The van der Waals surface area contributed by atoms with E-state index in [2.05, 4.69) is 24.3 Å². The SMILES string of the molecule is O=S1CC(c2ccc3c(c2)CCC(c2ccc4c(c2)CSCC4)S3(=O)=O)Cc2ccccc21. The first kappa shape index (κ1) is 21.6. The zero-order valence-corrected chi connectivity index (χ0v) is 20.8. The van der Waals surface area contributed by atoms with Crippen LogP contribution < -0.4 is 0 Å². The Balaban J connectivity index is 1.31. The maximum atomic E-state index is 13.6. The van der Waals surface area contributed by atoms with Crippen LogP contribution in [0.25, 0.3) is 0 Å². The maximum absolute atomic E-state index is 13.6. The van der Waals surface area contributed by atoms with E-state index < -0.39 is 25.9 Å². The number of sulfone groups is 1. The molecule has 0 saturated heterocycles. The van der Waals surface area contributed by atoms with E-state index >= 15 is 0 Å². The van der Waals surface area contributed by atoms with Crippen LogP contribution >= 0.6 is 11.8 Å². The van der Waals surface area contributed by atoms with Crippen LogP contribution in [-0.4, -0.2) is 24.1 Å². The molecule has 0 spiro atoms. The summed E-state index contributed by atoms with van der Waals surface area (Å²) >= 11 is 1.92. The molecule has 6 heteroatoms. The Labute approximate surface area is 202 Å². The van der Waals surface area contributed by atoms with Crippen LogP contribution in [0.15, 0.2) is 70.5 Å². The molecule has 0 saturated carbocycles. The minimum absolute atomic E-state index is 0.157. The summed E-state index contributed by atoms with van der Waals surface area (Å²) in [5.74, 6) is 2.87. The van der Waals surface area contributed by atoms with Gasteiger partial charge in [-0.05, 0) is 82.9 Å². The van der Waals surface area contributed by atoms with Gasteiger partial charge in [0.05, 0.1) is 20.9 Å². The van der Waals surface area contributed by atoms with Gasteiger partial charge in [-0.3, -0.25) is 4.21 Å². The highest BCUT2D eigenvalue weighted by Gasteiger charge is 2.36. The zero-order chi connectivity index (χ0) is 22.6. The summed E-state index contributed by atoms with van der Waals surface area (Å²) in [6, 6.07) is 20.1. The van der Waals surface area contributed by atoms with E-state index in [4.69, 9.17) is 0 Å². The normalized spacial score (nSPS) is 25.5. The molecule has 170 valence electrons. The van der Waals surface area contributed by atoms with Crippen molar-refractivity contribution in [1.82, 2.24) is 0 Å². The fourth-order valence-electron chi connectivity index (χ4n) is 5.56. The fraction of sp³-hybridized carbons (Fsp3) is 0.333. The first-order valence-corrected chi connectivity index (χ1v) is 15.5. The van der Waals surface area contributed by atoms with Crippen molar-refractivity contribution in [1.29, 1.82) is 0 Å². The van der Waals surface area contributed by atoms with Crippen molar-refractivity contribution in [3.8, 4) is 0 Å². The standard InChI is InChI=1S/C27H26O3S3/c28-32-17-24(14-20-3-1-2-4-25(20)32)19-7-9-26-22(13-19)8-10-27(33(26,29)30)21-6-5-18-11-12-31-16-23(18)15-21/h1-7,9,13,15,24,27H,8,10-12,14,16-17H2. The second-order valence-electron chi connectivity index (χ2n) is 9.29. The molecule has 3 unspecified atom stereocenters. The molecule has 33 heavy (non-hydrogen) atoms. The minimum Gasteiger partial charge on any atom is -0.254 e. The summed E-state index contributed by atoms with van der Waals surface area (Å²) in [5.41, 5.74) is 6.76.